The molecule has 0 amide bonds. The molecule has 0 spiro atoms. The largest absolute Gasteiger partial charge is 0.389 e. The molecule has 1 atom stereocenters. The molecule has 4 nitrogen and oxygen atoms in total. The summed E-state index contributed by atoms with van der Waals surface area (Å²) in [6.07, 6.45) is -4.78. The fourth-order valence-electron chi connectivity index (χ4n) is 1.20. The molecule has 16 heavy (non-hydrogen) atoms. The fraction of sp³-hybridized carbons (Fsp3) is 1.00. The van der Waals surface area contributed by atoms with E-state index in [-0.39, 0.29) is 6.42 Å². The van der Waals surface area contributed by atoms with Crippen LogP contribution in [0.5, 0.6) is 0 Å². The predicted molar refractivity (Wildman–Crippen MR) is 55.3 cm³/mol. The molecule has 0 aliphatic heterocycles. The monoisotopic (exact) mass is 262 g/mol. The van der Waals surface area contributed by atoms with Crippen molar-refractivity contribution < 1.29 is 21.6 Å². The maximum atomic E-state index is 12.0. The Bertz CT molecular complexity index is 325. The van der Waals surface area contributed by atoms with Gasteiger partial charge in [-0.15, -0.1) is 0 Å². The van der Waals surface area contributed by atoms with Crippen molar-refractivity contribution in [2.75, 3.05) is 6.26 Å². The third-order valence-corrected chi connectivity index (χ3v) is 4.91. The zero-order valence-electron chi connectivity index (χ0n) is 9.43. The zero-order chi connectivity index (χ0) is 13.2. The Morgan fingerprint density at radius 1 is 1.31 bits per heavy atom. The van der Waals surface area contributed by atoms with Crippen molar-refractivity contribution in [2.45, 2.75) is 43.7 Å². The van der Waals surface area contributed by atoms with Crippen molar-refractivity contribution in [3.05, 3.63) is 0 Å². The molecule has 0 rings (SSSR count). The molecule has 0 saturated carbocycles. The second kappa shape index (κ2) is 4.89. The highest BCUT2D eigenvalue weighted by Gasteiger charge is 2.40. The number of halogens is 3. The van der Waals surface area contributed by atoms with Gasteiger partial charge < -0.3 is 0 Å². The first-order valence-corrected chi connectivity index (χ1v) is 6.53. The average Bonchev–Trinajstić information content (AvgIpc) is 2.00. The van der Waals surface area contributed by atoms with Crippen LogP contribution in [0.15, 0.2) is 0 Å². The van der Waals surface area contributed by atoms with Crippen molar-refractivity contribution in [2.24, 2.45) is 5.84 Å². The van der Waals surface area contributed by atoms with Crippen LogP contribution < -0.4 is 11.3 Å². The van der Waals surface area contributed by atoms with Gasteiger partial charge in [-0.1, -0.05) is 0 Å². The summed E-state index contributed by atoms with van der Waals surface area (Å²) in [7, 11) is -3.49. The number of alkyl halides is 3. The van der Waals surface area contributed by atoms with E-state index in [0.717, 1.165) is 6.26 Å². The van der Waals surface area contributed by atoms with E-state index in [9.17, 15) is 21.6 Å². The SMILES string of the molecule is CC(C)(C(CCC(F)(F)F)NN)S(C)(=O)=O. The lowest BCUT2D eigenvalue weighted by molar-refractivity contribution is -0.137. The summed E-state index contributed by atoms with van der Waals surface area (Å²) in [5, 5.41) is 0. The van der Waals surface area contributed by atoms with Crippen LogP contribution in [-0.2, 0) is 9.84 Å². The van der Waals surface area contributed by atoms with Gasteiger partial charge in [0.05, 0.1) is 4.75 Å². The molecule has 1 unspecified atom stereocenters. The maximum Gasteiger partial charge on any atom is 0.389 e. The summed E-state index contributed by atoms with van der Waals surface area (Å²) in [5.74, 6) is 5.10. The molecular weight excluding hydrogens is 245 g/mol. The number of hydrogen-bond donors (Lipinski definition) is 2. The van der Waals surface area contributed by atoms with Crippen LogP contribution in [-0.4, -0.2) is 31.6 Å². The van der Waals surface area contributed by atoms with Crippen molar-refractivity contribution in [3.63, 3.8) is 0 Å². The Morgan fingerprint density at radius 2 is 1.75 bits per heavy atom. The van der Waals surface area contributed by atoms with Crippen LogP contribution >= 0.6 is 0 Å². The van der Waals surface area contributed by atoms with E-state index in [0.29, 0.717) is 0 Å². The number of hydrogen-bond acceptors (Lipinski definition) is 4. The highest BCUT2D eigenvalue weighted by molar-refractivity contribution is 7.92. The average molecular weight is 262 g/mol. The maximum absolute atomic E-state index is 12.0. The summed E-state index contributed by atoms with van der Waals surface area (Å²) < 4.78 is 57.5. The molecule has 0 aromatic carbocycles. The lowest BCUT2D eigenvalue weighted by Gasteiger charge is -2.32. The first kappa shape index (κ1) is 15.7. The molecule has 3 N–H and O–H groups in total. The van der Waals surface area contributed by atoms with Gasteiger partial charge in [-0.25, -0.2) is 8.42 Å². The topological polar surface area (TPSA) is 72.2 Å². The Morgan fingerprint density at radius 3 is 2.00 bits per heavy atom. The van der Waals surface area contributed by atoms with Crippen LogP contribution in [0.3, 0.4) is 0 Å². The van der Waals surface area contributed by atoms with Gasteiger partial charge in [0.2, 0.25) is 0 Å². The quantitative estimate of drug-likeness (QED) is 0.572. The van der Waals surface area contributed by atoms with E-state index >= 15 is 0 Å². The first-order valence-electron chi connectivity index (χ1n) is 4.64. The zero-order valence-corrected chi connectivity index (χ0v) is 10.2. The number of rotatable bonds is 5. The first-order chi connectivity index (χ1) is 6.92. The lowest BCUT2D eigenvalue weighted by Crippen LogP contribution is -2.54. The van der Waals surface area contributed by atoms with Gasteiger partial charge in [0.1, 0.15) is 0 Å². The van der Waals surface area contributed by atoms with Crippen molar-refractivity contribution >= 4 is 9.84 Å². The molecular formula is C8H17F3N2O2S. The molecule has 0 aromatic heterocycles. The lowest BCUT2D eigenvalue weighted by atomic mass is 9.99. The second-order valence-corrected chi connectivity index (χ2v) is 6.85. The molecule has 0 heterocycles. The van der Waals surface area contributed by atoms with E-state index in [1.165, 1.54) is 13.8 Å². The molecule has 0 aromatic rings. The minimum Gasteiger partial charge on any atom is -0.271 e. The highest BCUT2D eigenvalue weighted by atomic mass is 32.2. The van der Waals surface area contributed by atoms with Crippen molar-refractivity contribution in [1.82, 2.24) is 5.43 Å². The van der Waals surface area contributed by atoms with Gasteiger partial charge in [-0.3, -0.25) is 11.3 Å². The summed E-state index contributed by atoms with van der Waals surface area (Å²) in [6, 6.07) is -0.941. The Balaban J connectivity index is 4.76. The molecule has 8 heteroatoms. The van der Waals surface area contributed by atoms with E-state index in [1.54, 1.807) is 0 Å². The molecule has 0 bridgehead atoms. The standard InChI is InChI=1S/C8H17F3N2O2S/c1-7(2,16(3,14)15)6(13-12)4-5-8(9,10)11/h6,13H,4-5,12H2,1-3H3. The summed E-state index contributed by atoms with van der Waals surface area (Å²) in [5.41, 5.74) is 2.14. The molecule has 0 saturated heterocycles. The molecule has 0 aliphatic carbocycles. The minimum atomic E-state index is -4.32. The van der Waals surface area contributed by atoms with Crippen LogP contribution in [0.1, 0.15) is 26.7 Å². The van der Waals surface area contributed by atoms with Crippen LogP contribution in [0.2, 0.25) is 0 Å². The Hall–Kier alpha value is -0.340. The van der Waals surface area contributed by atoms with Crippen LogP contribution in [0, 0.1) is 0 Å². The number of nitrogens with one attached hydrogen (secondary N) is 1. The van der Waals surface area contributed by atoms with E-state index in [2.05, 4.69) is 5.43 Å². The van der Waals surface area contributed by atoms with Gasteiger partial charge in [0.25, 0.3) is 0 Å². The van der Waals surface area contributed by atoms with Crippen molar-refractivity contribution in [1.29, 1.82) is 0 Å². The molecule has 0 radical (unpaired) electrons. The van der Waals surface area contributed by atoms with Gasteiger partial charge >= 0.3 is 6.18 Å². The van der Waals surface area contributed by atoms with Crippen LogP contribution in [0.4, 0.5) is 13.2 Å². The Kier molecular flexibility index (Phi) is 4.78. The normalized spacial score (nSPS) is 16.2. The summed E-state index contributed by atoms with van der Waals surface area (Å²) >= 11 is 0. The Labute approximate surface area is 93.3 Å². The van der Waals surface area contributed by atoms with E-state index < -0.39 is 33.2 Å². The molecule has 98 valence electrons. The predicted octanol–water partition coefficient (Wildman–Crippen LogP) is 0.984. The third kappa shape index (κ3) is 4.26. The van der Waals surface area contributed by atoms with E-state index in [1.807, 2.05) is 0 Å². The minimum absolute atomic E-state index is 0.375. The summed E-state index contributed by atoms with van der Waals surface area (Å²) in [4.78, 5) is 0. The number of hydrazine groups is 1. The van der Waals surface area contributed by atoms with Gasteiger partial charge in [0, 0.05) is 18.7 Å². The highest BCUT2D eigenvalue weighted by Crippen LogP contribution is 2.28. The fourth-order valence-corrected chi connectivity index (χ4v) is 1.90. The number of nitrogens with two attached hydrogens (primary N) is 1. The van der Waals surface area contributed by atoms with E-state index in [4.69, 9.17) is 5.84 Å². The number of sulfone groups is 1. The summed E-state index contributed by atoms with van der Waals surface area (Å²) in [6.45, 7) is 2.70. The molecule has 0 fully saturated rings. The van der Waals surface area contributed by atoms with Crippen molar-refractivity contribution in [3.8, 4) is 0 Å². The van der Waals surface area contributed by atoms with Gasteiger partial charge in [-0.05, 0) is 20.3 Å². The van der Waals surface area contributed by atoms with Gasteiger partial charge in [0.15, 0.2) is 9.84 Å². The third-order valence-electron chi connectivity index (χ3n) is 2.71. The second-order valence-electron chi connectivity index (χ2n) is 4.25. The smallest absolute Gasteiger partial charge is 0.271 e. The van der Waals surface area contributed by atoms with Crippen LogP contribution in [0.25, 0.3) is 0 Å². The molecule has 0 aliphatic rings. The van der Waals surface area contributed by atoms with Gasteiger partial charge in [-0.2, -0.15) is 13.2 Å².